The molecule has 118 valence electrons. The zero-order valence-electron chi connectivity index (χ0n) is 13.7. The number of pyridine rings is 1. The Morgan fingerprint density at radius 2 is 1.87 bits per heavy atom. The molecule has 1 saturated carbocycles. The first-order chi connectivity index (χ1) is 11.1. The predicted molar refractivity (Wildman–Crippen MR) is 95.8 cm³/mol. The molecule has 0 atom stereocenters. The maximum atomic E-state index is 13.4. The Hall–Kier alpha value is -1.74. The monoisotopic (exact) mass is 325 g/mol. The fraction of sp³-hybridized carbons (Fsp3) is 0.350. The minimum absolute atomic E-state index is 0.184. The molecule has 4 rings (SSSR count). The fourth-order valence-corrected chi connectivity index (χ4v) is 4.70. The summed E-state index contributed by atoms with van der Waals surface area (Å²) in [5.74, 6) is 0.433. The molecule has 3 aromatic rings. The SMILES string of the molecule is CCc1c(C)sc2nc(C3CC3)c(C)c(-c3ccc(F)cc3)c12. The summed E-state index contributed by atoms with van der Waals surface area (Å²) in [6, 6.07) is 6.92. The Bertz CT molecular complexity index is 888. The van der Waals surface area contributed by atoms with Crippen LogP contribution in [-0.2, 0) is 6.42 Å². The second kappa shape index (κ2) is 5.41. The molecule has 1 aliphatic carbocycles. The molecular weight excluding hydrogens is 305 g/mol. The van der Waals surface area contributed by atoms with Gasteiger partial charge in [-0.3, -0.25) is 0 Å². The lowest BCUT2D eigenvalue weighted by Crippen LogP contribution is -1.97. The van der Waals surface area contributed by atoms with Crippen molar-refractivity contribution >= 4 is 21.6 Å². The first-order valence-corrected chi connectivity index (χ1v) is 9.10. The van der Waals surface area contributed by atoms with E-state index in [9.17, 15) is 4.39 Å². The van der Waals surface area contributed by atoms with E-state index in [4.69, 9.17) is 4.98 Å². The number of aryl methyl sites for hydroxylation is 2. The summed E-state index contributed by atoms with van der Waals surface area (Å²) in [7, 11) is 0. The molecule has 0 saturated heterocycles. The van der Waals surface area contributed by atoms with Crippen molar-refractivity contribution in [2.75, 3.05) is 0 Å². The summed E-state index contributed by atoms with van der Waals surface area (Å²) < 4.78 is 13.4. The van der Waals surface area contributed by atoms with Crippen molar-refractivity contribution in [2.24, 2.45) is 0 Å². The quantitative estimate of drug-likeness (QED) is 0.562. The number of halogens is 1. The highest BCUT2D eigenvalue weighted by molar-refractivity contribution is 7.18. The number of nitrogens with zero attached hydrogens (tertiary/aromatic N) is 1. The molecule has 1 aliphatic rings. The van der Waals surface area contributed by atoms with Gasteiger partial charge in [-0.1, -0.05) is 19.1 Å². The molecule has 2 aromatic heterocycles. The molecule has 0 spiro atoms. The van der Waals surface area contributed by atoms with Crippen LogP contribution in [0.5, 0.6) is 0 Å². The molecule has 0 aliphatic heterocycles. The highest BCUT2D eigenvalue weighted by Crippen LogP contribution is 2.46. The summed E-state index contributed by atoms with van der Waals surface area (Å²) in [6.07, 6.45) is 3.49. The molecule has 2 heterocycles. The van der Waals surface area contributed by atoms with Gasteiger partial charge in [-0.15, -0.1) is 11.3 Å². The van der Waals surface area contributed by atoms with Gasteiger partial charge in [0, 0.05) is 21.9 Å². The molecule has 23 heavy (non-hydrogen) atoms. The van der Waals surface area contributed by atoms with Gasteiger partial charge in [-0.2, -0.15) is 0 Å². The minimum Gasteiger partial charge on any atom is -0.241 e. The lowest BCUT2D eigenvalue weighted by molar-refractivity contribution is 0.628. The highest BCUT2D eigenvalue weighted by atomic mass is 32.1. The third-order valence-corrected chi connectivity index (χ3v) is 5.91. The van der Waals surface area contributed by atoms with Crippen LogP contribution in [0.1, 0.15) is 47.4 Å². The van der Waals surface area contributed by atoms with Crippen LogP contribution in [0.15, 0.2) is 24.3 Å². The van der Waals surface area contributed by atoms with E-state index >= 15 is 0 Å². The van der Waals surface area contributed by atoms with Crippen molar-refractivity contribution in [1.82, 2.24) is 4.98 Å². The van der Waals surface area contributed by atoms with E-state index in [0.29, 0.717) is 5.92 Å². The molecule has 1 nitrogen and oxygen atoms in total. The first kappa shape index (κ1) is 14.8. The topological polar surface area (TPSA) is 12.9 Å². The van der Waals surface area contributed by atoms with Crippen molar-refractivity contribution in [2.45, 2.75) is 46.0 Å². The third kappa shape index (κ3) is 2.38. The van der Waals surface area contributed by atoms with Gasteiger partial charge in [0.2, 0.25) is 0 Å². The Balaban J connectivity index is 2.09. The highest BCUT2D eigenvalue weighted by Gasteiger charge is 2.30. The van der Waals surface area contributed by atoms with Gasteiger partial charge < -0.3 is 0 Å². The van der Waals surface area contributed by atoms with Gasteiger partial charge in [0.1, 0.15) is 10.6 Å². The maximum absolute atomic E-state index is 13.4. The van der Waals surface area contributed by atoms with Crippen molar-refractivity contribution in [3.63, 3.8) is 0 Å². The number of fused-ring (bicyclic) bond motifs is 1. The summed E-state index contributed by atoms with van der Waals surface area (Å²) in [4.78, 5) is 7.51. The lowest BCUT2D eigenvalue weighted by Gasteiger charge is -2.14. The second-order valence-corrected chi connectivity index (χ2v) is 7.65. The normalized spacial score (nSPS) is 14.6. The molecule has 0 unspecified atom stereocenters. The average molecular weight is 325 g/mol. The Kier molecular flexibility index (Phi) is 3.49. The molecule has 0 radical (unpaired) electrons. The third-order valence-electron chi connectivity index (χ3n) is 4.87. The van der Waals surface area contributed by atoms with Gasteiger partial charge in [0.05, 0.1) is 0 Å². The summed E-state index contributed by atoms with van der Waals surface area (Å²) in [5, 5.41) is 1.28. The van der Waals surface area contributed by atoms with Crippen LogP contribution < -0.4 is 0 Å². The molecule has 3 heteroatoms. The molecular formula is C20H20FNS. The van der Waals surface area contributed by atoms with Crippen LogP contribution in [0.2, 0.25) is 0 Å². The predicted octanol–water partition coefficient (Wildman–Crippen LogP) is 6.16. The number of rotatable bonds is 3. The van der Waals surface area contributed by atoms with Gasteiger partial charge in [-0.25, -0.2) is 9.37 Å². The van der Waals surface area contributed by atoms with Crippen LogP contribution in [0.25, 0.3) is 21.3 Å². The summed E-state index contributed by atoms with van der Waals surface area (Å²) >= 11 is 1.80. The molecule has 1 aromatic carbocycles. The minimum atomic E-state index is -0.184. The Morgan fingerprint density at radius 1 is 1.17 bits per heavy atom. The molecule has 0 N–H and O–H groups in total. The van der Waals surface area contributed by atoms with Crippen molar-refractivity contribution in [1.29, 1.82) is 0 Å². The molecule has 1 fully saturated rings. The standard InChI is InChI=1S/C20H20FNS/c1-4-16-12(3)23-20-18(16)17(13-7-9-15(21)10-8-13)11(2)19(22-20)14-5-6-14/h7-10,14H,4-6H2,1-3H3. The van der Waals surface area contributed by atoms with Crippen molar-refractivity contribution in [3.05, 3.63) is 51.8 Å². The molecule has 0 amide bonds. The van der Waals surface area contributed by atoms with E-state index in [1.165, 1.54) is 45.5 Å². The van der Waals surface area contributed by atoms with E-state index in [-0.39, 0.29) is 5.82 Å². The van der Waals surface area contributed by atoms with Crippen LogP contribution in [0.3, 0.4) is 0 Å². The van der Waals surface area contributed by atoms with Crippen LogP contribution in [0, 0.1) is 19.7 Å². The lowest BCUT2D eigenvalue weighted by atomic mass is 9.93. The zero-order chi connectivity index (χ0) is 16.1. The number of thiophene rings is 1. The maximum Gasteiger partial charge on any atom is 0.124 e. The fourth-order valence-electron chi connectivity index (χ4n) is 3.57. The van der Waals surface area contributed by atoms with E-state index in [1.807, 2.05) is 12.1 Å². The Labute approximate surface area is 140 Å². The van der Waals surface area contributed by atoms with Crippen LogP contribution in [-0.4, -0.2) is 4.98 Å². The van der Waals surface area contributed by atoms with E-state index in [0.717, 1.165) is 16.8 Å². The van der Waals surface area contributed by atoms with Gasteiger partial charge in [0.25, 0.3) is 0 Å². The number of aromatic nitrogens is 1. The van der Waals surface area contributed by atoms with E-state index < -0.39 is 0 Å². The Morgan fingerprint density at radius 3 is 2.48 bits per heavy atom. The van der Waals surface area contributed by atoms with Gasteiger partial charge in [0.15, 0.2) is 0 Å². The largest absolute Gasteiger partial charge is 0.241 e. The zero-order valence-corrected chi connectivity index (χ0v) is 14.6. The van der Waals surface area contributed by atoms with Crippen molar-refractivity contribution < 1.29 is 4.39 Å². The smallest absolute Gasteiger partial charge is 0.124 e. The summed E-state index contributed by atoms with van der Waals surface area (Å²) in [6.45, 7) is 6.57. The number of benzene rings is 1. The summed E-state index contributed by atoms with van der Waals surface area (Å²) in [5.41, 5.74) is 6.28. The van der Waals surface area contributed by atoms with Crippen LogP contribution in [0.4, 0.5) is 4.39 Å². The van der Waals surface area contributed by atoms with Crippen LogP contribution >= 0.6 is 11.3 Å². The van der Waals surface area contributed by atoms with E-state index in [1.54, 1.807) is 23.5 Å². The van der Waals surface area contributed by atoms with Gasteiger partial charge in [-0.05, 0) is 67.5 Å². The first-order valence-electron chi connectivity index (χ1n) is 8.28. The molecule has 0 bridgehead atoms. The van der Waals surface area contributed by atoms with E-state index in [2.05, 4.69) is 20.8 Å². The number of hydrogen-bond acceptors (Lipinski definition) is 2. The second-order valence-electron chi connectivity index (χ2n) is 6.45. The van der Waals surface area contributed by atoms with Gasteiger partial charge >= 0.3 is 0 Å². The van der Waals surface area contributed by atoms with Crippen molar-refractivity contribution in [3.8, 4) is 11.1 Å². The average Bonchev–Trinajstić information content (AvgIpc) is 3.32. The number of hydrogen-bond donors (Lipinski definition) is 0.